The predicted molar refractivity (Wildman–Crippen MR) is 179 cm³/mol. The maximum Gasteiger partial charge on any atom is 0.152 e. The molecule has 0 bridgehead atoms. The van der Waals surface area contributed by atoms with Gasteiger partial charge in [-0.25, -0.2) is 0 Å². The Bertz CT molecular complexity index is 2050. The first-order valence-corrected chi connectivity index (χ1v) is 14.5. The summed E-state index contributed by atoms with van der Waals surface area (Å²) in [5.41, 5.74) is 8.77. The lowest BCUT2D eigenvalue weighted by Crippen LogP contribution is -2.15. The van der Waals surface area contributed by atoms with Crippen molar-refractivity contribution in [2.45, 2.75) is 0 Å². The number of benzene rings is 7. The highest BCUT2D eigenvalue weighted by Gasteiger charge is 2.26. The molecule has 1 aliphatic rings. The summed E-state index contributed by atoms with van der Waals surface area (Å²) in [6.07, 6.45) is 0. The molecule has 1 heterocycles. The van der Waals surface area contributed by atoms with Crippen LogP contribution in [0.1, 0.15) is 0 Å². The topological polar surface area (TPSA) is 15.7 Å². The van der Waals surface area contributed by atoms with Gasteiger partial charge in [0.2, 0.25) is 0 Å². The molecule has 0 aliphatic carbocycles. The predicted octanol–water partition coefficient (Wildman–Crippen LogP) is 11.6. The highest BCUT2D eigenvalue weighted by molar-refractivity contribution is 5.99. The molecule has 0 atom stereocenters. The summed E-state index contributed by atoms with van der Waals surface area (Å²) in [4.78, 5) is 4.60. The minimum atomic E-state index is 0.839. The SMILES string of the molecule is c1ccc(N2c3ccccc3Oc3cc(-c4ccc(N(c5ccccc5)c5cccc6ccccc56)cc4)ccc32)cc1. The molecule has 0 unspecified atom stereocenters. The lowest BCUT2D eigenvalue weighted by molar-refractivity contribution is 0.477. The van der Waals surface area contributed by atoms with Crippen molar-refractivity contribution in [2.75, 3.05) is 9.80 Å². The van der Waals surface area contributed by atoms with Crippen molar-refractivity contribution in [1.82, 2.24) is 0 Å². The fourth-order valence-electron chi connectivity index (χ4n) is 6.00. The van der Waals surface area contributed by atoms with Gasteiger partial charge in [0.05, 0.1) is 17.1 Å². The van der Waals surface area contributed by atoms with E-state index in [0.29, 0.717) is 0 Å². The van der Waals surface area contributed by atoms with Crippen LogP contribution < -0.4 is 14.5 Å². The molecule has 204 valence electrons. The first-order valence-electron chi connectivity index (χ1n) is 14.5. The number of para-hydroxylation sites is 4. The molecule has 0 spiro atoms. The molecule has 1 aliphatic heterocycles. The van der Waals surface area contributed by atoms with E-state index in [1.165, 1.54) is 10.8 Å². The van der Waals surface area contributed by atoms with Crippen LogP contribution in [0.15, 0.2) is 170 Å². The van der Waals surface area contributed by atoms with Gasteiger partial charge in [-0.1, -0.05) is 103 Å². The van der Waals surface area contributed by atoms with E-state index in [1.807, 2.05) is 18.2 Å². The number of nitrogens with zero attached hydrogens (tertiary/aromatic N) is 2. The average molecular weight is 553 g/mol. The zero-order chi connectivity index (χ0) is 28.6. The summed E-state index contributed by atoms with van der Waals surface area (Å²) >= 11 is 0. The first-order chi connectivity index (χ1) is 21.3. The van der Waals surface area contributed by atoms with Gasteiger partial charge in [0.15, 0.2) is 11.5 Å². The van der Waals surface area contributed by atoms with Gasteiger partial charge in [-0.15, -0.1) is 0 Å². The van der Waals surface area contributed by atoms with Gasteiger partial charge in [0, 0.05) is 22.4 Å². The van der Waals surface area contributed by atoms with Crippen LogP contribution in [0.3, 0.4) is 0 Å². The molecule has 8 rings (SSSR count). The van der Waals surface area contributed by atoms with Gasteiger partial charge >= 0.3 is 0 Å². The highest BCUT2D eigenvalue weighted by Crippen LogP contribution is 2.51. The maximum absolute atomic E-state index is 6.46. The summed E-state index contributed by atoms with van der Waals surface area (Å²) in [6.45, 7) is 0. The van der Waals surface area contributed by atoms with E-state index in [0.717, 1.165) is 56.8 Å². The summed E-state index contributed by atoms with van der Waals surface area (Å²) < 4.78 is 6.46. The molecular weight excluding hydrogens is 524 g/mol. The van der Waals surface area contributed by atoms with E-state index in [1.54, 1.807) is 0 Å². The van der Waals surface area contributed by atoms with Crippen LogP contribution in [-0.2, 0) is 0 Å². The molecule has 7 aromatic rings. The second kappa shape index (κ2) is 10.6. The van der Waals surface area contributed by atoms with Crippen LogP contribution >= 0.6 is 0 Å². The third-order valence-electron chi connectivity index (χ3n) is 8.02. The largest absolute Gasteiger partial charge is 0.453 e. The second-order valence-electron chi connectivity index (χ2n) is 10.6. The molecule has 0 radical (unpaired) electrons. The van der Waals surface area contributed by atoms with Gasteiger partial charge in [0.1, 0.15) is 0 Å². The van der Waals surface area contributed by atoms with Crippen molar-refractivity contribution in [2.24, 2.45) is 0 Å². The van der Waals surface area contributed by atoms with Crippen LogP contribution in [0.5, 0.6) is 11.5 Å². The Labute approximate surface area is 251 Å². The molecule has 0 aromatic heterocycles. The van der Waals surface area contributed by atoms with Crippen molar-refractivity contribution in [3.63, 3.8) is 0 Å². The first kappa shape index (κ1) is 25.0. The van der Waals surface area contributed by atoms with E-state index >= 15 is 0 Å². The van der Waals surface area contributed by atoms with Crippen molar-refractivity contribution >= 4 is 44.9 Å². The Kier molecular flexibility index (Phi) is 6.12. The smallest absolute Gasteiger partial charge is 0.152 e. The van der Waals surface area contributed by atoms with Crippen molar-refractivity contribution in [3.8, 4) is 22.6 Å². The number of hydrogen-bond acceptors (Lipinski definition) is 3. The third-order valence-corrected chi connectivity index (χ3v) is 8.02. The Morgan fingerprint density at radius 1 is 0.442 bits per heavy atom. The van der Waals surface area contributed by atoms with Crippen LogP contribution in [0.25, 0.3) is 21.9 Å². The molecule has 0 fully saturated rings. The highest BCUT2D eigenvalue weighted by atomic mass is 16.5. The van der Waals surface area contributed by atoms with Gasteiger partial charge < -0.3 is 14.5 Å². The van der Waals surface area contributed by atoms with Crippen LogP contribution in [0.2, 0.25) is 0 Å². The summed E-state index contributed by atoms with van der Waals surface area (Å²) in [5, 5.41) is 2.44. The molecule has 7 aromatic carbocycles. The fraction of sp³-hybridized carbons (Fsp3) is 0. The Hall–Kier alpha value is -5.80. The van der Waals surface area contributed by atoms with Crippen molar-refractivity contribution in [1.29, 1.82) is 0 Å². The maximum atomic E-state index is 6.46. The molecule has 0 N–H and O–H groups in total. The molecule has 0 saturated heterocycles. The van der Waals surface area contributed by atoms with E-state index in [4.69, 9.17) is 4.74 Å². The third kappa shape index (κ3) is 4.48. The molecular formula is C40H28N2O. The Morgan fingerprint density at radius 3 is 1.91 bits per heavy atom. The zero-order valence-electron chi connectivity index (χ0n) is 23.5. The van der Waals surface area contributed by atoms with Gasteiger partial charge in [-0.2, -0.15) is 0 Å². The van der Waals surface area contributed by atoms with Crippen LogP contribution in [-0.4, -0.2) is 0 Å². The molecule has 43 heavy (non-hydrogen) atoms. The van der Waals surface area contributed by atoms with E-state index in [9.17, 15) is 0 Å². The van der Waals surface area contributed by atoms with Crippen molar-refractivity contribution < 1.29 is 4.74 Å². The Balaban J connectivity index is 1.19. The average Bonchev–Trinajstić information content (AvgIpc) is 3.08. The Morgan fingerprint density at radius 2 is 1.07 bits per heavy atom. The van der Waals surface area contributed by atoms with Gasteiger partial charge in [0.25, 0.3) is 0 Å². The van der Waals surface area contributed by atoms with Gasteiger partial charge in [-0.05, 0) is 83.2 Å². The van der Waals surface area contributed by atoms with Crippen molar-refractivity contribution in [3.05, 3.63) is 170 Å². The van der Waals surface area contributed by atoms with Crippen LogP contribution in [0.4, 0.5) is 34.1 Å². The zero-order valence-corrected chi connectivity index (χ0v) is 23.5. The lowest BCUT2D eigenvalue weighted by atomic mass is 10.0. The summed E-state index contributed by atoms with van der Waals surface area (Å²) in [7, 11) is 0. The lowest BCUT2D eigenvalue weighted by Gasteiger charge is -2.33. The molecule has 3 heteroatoms. The molecule has 3 nitrogen and oxygen atoms in total. The summed E-state index contributed by atoms with van der Waals surface area (Å²) in [6, 6.07) is 59.6. The monoisotopic (exact) mass is 552 g/mol. The number of ether oxygens (including phenoxy) is 1. The van der Waals surface area contributed by atoms with Gasteiger partial charge in [-0.3, -0.25) is 0 Å². The minimum Gasteiger partial charge on any atom is -0.453 e. The standard InChI is InChI=1S/C40H28N2O/c1-3-14-32(15-4-1)41(36-20-11-13-30-12-7-8-18-35(30)36)34-25-22-29(23-26-34)31-24-27-38-40(28-31)43-39-21-10-9-19-37(39)42(38)33-16-5-2-6-17-33/h1-28H. The number of fused-ring (bicyclic) bond motifs is 3. The molecule has 0 saturated carbocycles. The normalized spacial score (nSPS) is 11.9. The second-order valence-corrected chi connectivity index (χ2v) is 10.6. The minimum absolute atomic E-state index is 0.839. The number of rotatable bonds is 5. The van der Waals surface area contributed by atoms with Crippen LogP contribution in [0, 0.1) is 0 Å². The number of anilines is 6. The number of hydrogen-bond donors (Lipinski definition) is 0. The van der Waals surface area contributed by atoms with E-state index in [2.05, 4.69) is 161 Å². The van der Waals surface area contributed by atoms with E-state index < -0.39 is 0 Å². The summed E-state index contributed by atoms with van der Waals surface area (Å²) in [5.74, 6) is 1.69. The van der Waals surface area contributed by atoms with E-state index in [-0.39, 0.29) is 0 Å². The quantitative estimate of drug-likeness (QED) is 0.211. The fourth-order valence-corrected chi connectivity index (χ4v) is 6.00. The molecule has 0 amide bonds.